The van der Waals surface area contributed by atoms with Crippen LogP contribution in [0.4, 0.5) is 0 Å². The number of benzene rings is 8. The molecule has 0 fully saturated rings. The van der Waals surface area contributed by atoms with Gasteiger partial charge >= 0.3 is 267 Å². The van der Waals surface area contributed by atoms with Crippen LogP contribution in [0.2, 0.25) is 0 Å². The van der Waals surface area contributed by atoms with Crippen molar-refractivity contribution >= 4 is 43.1 Å². The maximum absolute atomic E-state index is 7.09. The van der Waals surface area contributed by atoms with E-state index in [2.05, 4.69) is 48.5 Å². The molecule has 0 N–H and O–H groups in total. The summed E-state index contributed by atoms with van der Waals surface area (Å²) in [4.78, 5) is 0. The third-order valence-corrected chi connectivity index (χ3v) is 10.9. The molecule has 0 heterocycles. The van der Waals surface area contributed by atoms with Crippen molar-refractivity contribution in [3.8, 4) is 23.0 Å². The summed E-state index contributed by atoms with van der Waals surface area (Å²) in [6, 6.07) is 56.6. The fourth-order valence-electron chi connectivity index (χ4n) is 5.80. The van der Waals surface area contributed by atoms with Crippen molar-refractivity contribution in [1.82, 2.24) is 0 Å². The van der Waals surface area contributed by atoms with E-state index in [1.54, 1.807) is 0 Å². The van der Waals surface area contributed by atoms with Gasteiger partial charge in [-0.25, -0.2) is 0 Å². The van der Waals surface area contributed by atoms with Gasteiger partial charge in [0.25, 0.3) is 0 Å². The molecule has 0 amide bonds. The summed E-state index contributed by atoms with van der Waals surface area (Å²) in [5.41, 5.74) is 0. The summed E-state index contributed by atoms with van der Waals surface area (Å²) in [6.45, 7) is 0. The van der Waals surface area contributed by atoms with E-state index >= 15 is 0 Å². The molecule has 0 atom stereocenters. The Balaban J connectivity index is 1.38. The second kappa shape index (κ2) is 11.7. The van der Waals surface area contributed by atoms with E-state index in [4.69, 9.17) is 13.3 Å². The number of rotatable bonds is 8. The van der Waals surface area contributed by atoms with Gasteiger partial charge in [0.1, 0.15) is 0 Å². The summed E-state index contributed by atoms with van der Waals surface area (Å²) in [5.74, 6) is 2.53. The molecule has 45 heavy (non-hydrogen) atoms. The van der Waals surface area contributed by atoms with Crippen molar-refractivity contribution in [3.05, 3.63) is 170 Å². The molecule has 8 aromatic rings. The zero-order valence-electron chi connectivity index (χ0n) is 24.3. The van der Waals surface area contributed by atoms with Gasteiger partial charge in [0.05, 0.1) is 0 Å². The molecule has 0 bridgehead atoms. The van der Waals surface area contributed by atoms with Crippen molar-refractivity contribution in [3.63, 3.8) is 0 Å². The second-order valence-corrected chi connectivity index (χ2v) is 13.7. The fourth-order valence-corrected chi connectivity index (χ4v) is 8.99. The molecule has 0 saturated heterocycles. The molecular formula is C40H28O4Ti. The quantitative estimate of drug-likeness (QED) is 0.158. The van der Waals surface area contributed by atoms with Crippen LogP contribution in [-0.2, 0) is 18.1 Å². The van der Waals surface area contributed by atoms with Crippen LogP contribution in [-0.4, -0.2) is 0 Å². The fraction of sp³-hybridized carbons (Fsp3) is 0. The van der Waals surface area contributed by atoms with Crippen LogP contribution in [0.1, 0.15) is 0 Å². The Hall–Kier alpha value is -5.29. The van der Waals surface area contributed by atoms with Gasteiger partial charge in [0.15, 0.2) is 0 Å². The Morgan fingerprint density at radius 1 is 0.244 bits per heavy atom. The van der Waals surface area contributed by atoms with Gasteiger partial charge in [-0.1, -0.05) is 0 Å². The van der Waals surface area contributed by atoms with Gasteiger partial charge in [-0.3, -0.25) is 0 Å². The van der Waals surface area contributed by atoms with Crippen LogP contribution >= 0.6 is 0 Å². The third-order valence-electron chi connectivity index (χ3n) is 7.94. The van der Waals surface area contributed by atoms with Gasteiger partial charge in [-0.15, -0.1) is 0 Å². The number of fused-ring (bicyclic) bond motifs is 4. The average Bonchev–Trinajstić information content (AvgIpc) is 3.09. The minimum atomic E-state index is -4.97. The Kier molecular flexibility index (Phi) is 7.07. The predicted octanol–water partition coefficient (Wildman–Crippen LogP) is 10.7. The Labute approximate surface area is 266 Å². The molecule has 0 aliphatic heterocycles. The van der Waals surface area contributed by atoms with Crippen molar-refractivity contribution in [2.45, 2.75) is 0 Å². The first kappa shape index (κ1) is 27.3. The first-order chi connectivity index (χ1) is 22.2. The van der Waals surface area contributed by atoms with Gasteiger partial charge < -0.3 is 0 Å². The van der Waals surface area contributed by atoms with Gasteiger partial charge in [-0.05, 0) is 0 Å². The van der Waals surface area contributed by atoms with E-state index in [1.165, 1.54) is 0 Å². The molecular weight excluding hydrogens is 592 g/mol. The molecule has 0 spiro atoms. The molecule has 4 nitrogen and oxygen atoms in total. The molecule has 0 aromatic heterocycles. The molecule has 0 aliphatic rings. The molecule has 8 rings (SSSR count). The molecule has 0 aliphatic carbocycles. The number of hydrogen-bond acceptors (Lipinski definition) is 4. The van der Waals surface area contributed by atoms with Crippen LogP contribution in [0, 0.1) is 0 Å². The maximum atomic E-state index is 7.09. The molecule has 5 heteroatoms. The third kappa shape index (κ3) is 5.36. The van der Waals surface area contributed by atoms with E-state index in [0.29, 0.717) is 23.0 Å². The molecule has 0 saturated carbocycles. The monoisotopic (exact) mass is 620 g/mol. The van der Waals surface area contributed by atoms with Crippen LogP contribution in [0.25, 0.3) is 43.1 Å². The molecule has 8 aromatic carbocycles. The predicted molar refractivity (Wildman–Crippen MR) is 178 cm³/mol. The molecule has 0 radical (unpaired) electrons. The SMILES string of the molecule is c1ccc2c([O][Ti]([O]c3cccc4ccccc34)([O]c3cccc4ccccc34)[O]c3cccc4ccccc34)cccc2c1. The van der Waals surface area contributed by atoms with Gasteiger partial charge in [0, 0.05) is 0 Å². The van der Waals surface area contributed by atoms with E-state index in [1.807, 2.05) is 121 Å². The Morgan fingerprint density at radius 3 is 0.733 bits per heavy atom. The van der Waals surface area contributed by atoms with Crippen LogP contribution < -0.4 is 13.3 Å². The van der Waals surface area contributed by atoms with E-state index in [-0.39, 0.29) is 0 Å². The summed E-state index contributed by atoms with van der Waals surface area (Å²) in [7, 11) is 0. The first-order valence-corrected chi connectivity index (χ1v) is 17.5. The van der Waals surface area contributed by atoms with E-state index in [9.17, 15) is 0 Å². The van der Waals surface area contributed by atoms with Crippen molar-refractivity contribution in [1.29, 1.82) is 0 Å². The summed E-state index contributed by atoms with van der Waals surface area (Å²) < 4.78 is 28.4. The standard InChI is InChI=1S/4C10H8O.Ti/c4*11-10-7-3-5-8-4-1-2-6-9(8)10;/h4*1-7,11H;/q;;;;+4/p-4. The van der Waals surface area contributed by atoms with Crippen LogP contribution in [0.15, 0.2) is 170 Å². The van der Waals surface area contributed by atoms with Crippen molar-refractivity contribution in [2.24, 2.45) is 0 Å². The van der Waals surface area contributed by atoms with E-state index < -0.39 is 18.1 Å². The minimum absolute atomic E-state index is 0.633. The van der Waals surface area contributed by atoms with Crippen LogP contribution in [0.5, 0.6) is 23.0 Å². The van der Waals surface area contributed by atoms with Crippen LogP contribution in [0.3, 0.4) is 0 Å². The topological polar surface area (TPSA) is 36.9 Å². The average molecular weight is 621 g/mol. The second-order valence-electron chi connectivity index (χ2n) is 10.8. The van der Waals surface area contributed by atoms with Gasteiger partial charge in [-0.2, -0.15) is 0 Å². The van der Waals surface area contributed by atoms with E-state index in [0.717, 1.165) is 43.1 Å². The zero-order valence-corrected chi connectivity index (χ0v) is 25.9. The Morgan fingerprint density at radius 2 is 0.467 bits per heavy atom. The zero-order chi connectivity index (χ0) is 30.1. The summed E-state index contributed by atoms with van der Waals surface area (Å²) in [5, 5.41) is 7.97. The molecule has 216 valence electrons. The molecule has 0 unspecified atom stereocenters. The normalized spacial score (nSPS) is 11.6. The summed E-state index contributed by atoms with van der Waals surface area (Å²) in [6.07, 6.45) is 0. The first-order valence-electron chi connectivity index (χ1n) is 14.9. The number of hydrogen-bond donors (Lipinski definition) is 0. The van der Waals surface area contributed by atoms with Crippen molar-refractivity contribution < 1.29 is 31.4 Å². The van der Waals surface area contributed by atoms with Crippen molar-refractivity contribution in [2.75, 3.05) is 0 Å². The van der Waals surface area contributed by atoms with Gasteiger partial charge in [0.2, 0.25) is 0 Å². The Bertz CT molecular complexity index is 1960. The summed E-state index contributed by atoms with van der Waals surface area (Å²) >= 11 is -4.97.